The second-order valence-electron chi connectivity index (χ2n) is 10.5. The third-order valence-electron chi connectivity index (χ3n) is 7.71. The second-order valence-corrected chi connectivity index (χ2v) is 10.9. The van der Waals surface area contributed by atoms with Gasteiger partial charge in [-0.2, -0.15) is 18.3 Å². The number of morpholine rings is 1. The van der Waals surface area contributed by atoms with Gasteiger partial charge in [-0.05, 0) is 36.4 Å². The molecule has 1 atom stereocenters. The molecule has 0 bridgehead atoms. The summed E-state index contributed by atoms with van der Waals surface area (Å²) in [6, 6.07) is 18.0. The molecule has 3 aromatic rings. The lowest BCUT2D eigenvalue weighted by molar-refractivity contribution is -0.137. The molecule has 12 heteroatoms. The van der Waals surface area contributed by atoms with Gasteiger partial charge in [0.15, 0.2) is 0 Å². The lowest BCUT2D eigenvalue weighted by Gasteiger charge is -2.31. The molecular weight excluding hydrogens is 597 g/mol. The second kappa shape index (κ2) is 13.8. The molecule has 0 unspecified atom stereocenters. The van der Waals surface area contributed by atoms with Gasteiger partial charge < -0.3 is 14.4 Å². The molecular formula is C32H32ClF3N4O4. The molecule has 0 radical (unpaired) electrons. The zero-order valence-electron chi connectivity index (χ0n) is 24.1. The van der Waals surface area contributed by atoms with Crippen LogP contribution in [-0.4, -0.2) is 85.4 Å². The van der Waals surface area contributed by atoms with Gasteiger partial charge in [0.2, 0.25) is 0 Å². The van der Waals surface area contributed by atoms with Crippen molar-refractivity contribution in [3.63, 3.8) is 0 Å². The molecule has 5 rings (SSSR count). The number of hydrogen-bond donors (Lipinski definition) is 0. The normalized spacial score (nSPS) is 17.3. The lowest BCUT2D eigenvalue weighted by atomic mass is 9.97. The first-order valence-corrected chi connectivity index (χ1v) is 14.6. The van der Waals surface area contributed by atoms with Gasteiger partial charge in [0.25, 0.3) is 11.8 Å². The number of methoxy groups -OCH3 is 1. The van der Waals surface area contributed by atoms with Crippen LogP contribution in [0.4, 0.5) is 13.2 Å². The fraction of sp³-hybridized carbons (Fsp3) is 0.344. The smallest absolute Gasteiger partial charge is 0.416 e. The molecule has 0 N–H and O–H groups in total. The highest BCUT2D eigenvalue weighted by molar-refractivity contribution is 6.34. The van der Waals surface area contributed by atoms with Gasteiger partial charge in [0, 0.05) is 54.3 Å². The van der Waals surface area contributed by atoms with Crippen LogP contribution < -0.4 is 4.74 Å². The SMILES string of the molecule is COc1ccccc1[C@H]1CC(c2ccccc2Cl)=NN1C(=O)CN(CCN1CCOCC1)C(=O)c1ccc(C(F)(F)F)cc1. The lowest BCUT2D eigenvalue weighted by Crippen LogP contribution is -2.46. The molecule has 1 saturated heterocycles. The van der Waals surface area contributed by atoms with E-state index >= 15 is 0 Å². The Morgan fingerprint density at radius 1 is 1.02 bits per heavy atom. The minimum Gasteiger partial charge on any atom is -0.496 e. The summed E-state index contributed by atoms with van der Waals surface area (Å²) in [5.41, 5.74) is 1.23. The van der Waals surface area contributed by atoms with Crippen molar-refractivity contribution in [2.24, 2.45) is 5.10 Å². The van der Waals surface area contributed by atoms with E-state index in [9.17, 15) is 22.8 Å². The Hall–Kier alpha value is -3.93. The van der Waals surface area contributed by atoms with Crippen molar-refractivity contribution in [3.8, 4) is 5.75 Å². The first-order chi connectivity index (χ1) is 21.2. The van der Waals surface area contributed by atoms with E-state index in [0.717, 1.165) is 29.8 Å². The number of amides is 2. The van der Waals surface area contributed by atoms with Crippen LogP contribution in [0.15, 0.2) is 77.9 Å². The number of para-hydroxylation sites is 1. The number of halogens is 4. The van der Waals surface area contributed by atoms with Gasteiger partial charge in [-0.15, -0.1) is 0 Å². The van der Waals surface area contributed by atoms with Crippen molar-refractivity contribution in [1.82, 2.24) is 14.8 Å². The topological polar surface area (TPSA) is 74.7 Å². The Balaban J connectivity index is 1.44. The molecule has 2 heterocycles. The van der Waals surface area contributed by atoms with Crippen molar-refractivity contribution in [1.29, 1.82) is 0 Å². The minimum atomic E-state index is -4.53. The molecule has 44 heavy (non-hydrogen) atoms. The van der Waals surface area contributed by atoms with E-state index in [1.54, 1.807) is 25.3 Å². The number of rotatable bonds is 9. The summed E-state index contributed by atoms with van der Waals surface area (Å²) < 4.78 is 50.5. The largest absolute Gasteiger partial charge is 0.496 e. The zero-order valence-corrected chi connectivity index (χ0v) is 24.9. The van der Waals surface area contributed by atoms with Crippen LogP contribution in [0.3, 0.4) is 0 Å². The Labute approximate surface area is 258 Å². The highest BCUT2D eigenvalue weighted by atomic mass is 35.5. The number of hydrogen-bond acceptors (Lipinski definition) is 6. The van der Waals surface area contributed by atoms with E-state index in [-0.39, 0.29) is 18.7 Å². The predicted octanol–water partition coefficient (Wildman–Crippen LogP) is 5.52. The van der Waals surface area contributed by atoms with E-state index in [0.29, 0.717) is 61.3 Å². The molecule has 232 valence electrons. The summed E-state index contributed by atoms with van der Waals surface area (Å²) in [6.45, 7) is 2.76. The zero-order chi connectivity index (χ0) is 31.3. The summed E-state index contributed by atoms with van der Waals surface area (Å²) in [5.74, 6) is -0.426. The van der Waals surface area contributed by atoms with Crippen molar-refractivity contribution in [2.75, 3.05) is 53.0 Å². The average Bonchev–Trinajstić information content (AvgIpc) is 3.48. The molecule has 1 fully saturated rings. The summed E-state index contributed by atoms with van der Waals surface area (Å²) in [6.07, 6.45) is -4.18. The van der Waals surface area contributed by atoms with Gasteiger partial charge >= 0.3 is 6.18 Å². The maximum Gasteiger partial charge on any atom is 0.416 e. The number of hydrazone groups is 1. The molecule has 0 aliphatic carbocycles. The number of nitrogens with zero attached hydrogens (tertiary/aromatic N) is 4. The van der Waals surface area contributed by atoms with E-state index < -0.39 is 29.6 Å². The standard InChI is InChI=1S/C32H32ClF3N4O4/c1-43-29-9-5-3-7-25(29)28-20-27(24-6-2-4-8-26(24)33)37-40(28)30(41)21-39(15-14-38-16-18-44-19-17-38)31(42)22-10-12-23(13-11-22)32(34,35)36/h2-13,28H,14-21H2,1H3/t28-/m1/s1. The maximum atomic E-state index is 14.0. The number of ether oxygens (including phenoxy) is 2. The number of benzene rings is 3. The summed E-state index contributed by atoms with van der Waals surface area (Å²) in [4.78, 5) is 31.2. The first kappa shape index (κ1) is 31.5. The average molecular weight is 629 g/mol. The number of carbonyl (C=O) groups is 2. The maximum absolute atomic E-state index is 14.0. The van der Waals surface area contributed by atoms with Gasteiger partial charge in [0.1, 0.15) is 12.3 Å². The Kier molecular flexibility index (Phi) is 9.87. The monoisotopic (exact) mass is 628 g/mol. The molecule has 2 aliphatic rings. The van der Waals surface area contributed by atoms with Gasteiger partial charge in [0.05, 0.1) is 37.6 Å². The fourth-order valence-electron chi connectivity index (χ4n) is 5.34. The van der Waals surface area contributed by atoms with Gasteiger partial charge in [-0.3, -0.25) is 14.5 Å². The molecule has 2 aliphatic heterocycles. The molecule has 0 spiro atoms. The van der Waals surface area contributed by atoms with E-state index in [2.05, 4.69) is 4.90 Å². The van der Waals surface area contributed by atoms with E-state index in [1.807, 2.05) is 30.3 Å². The van der Waals surface area contributed by atoms with Crippen molar-refractivity contribution < 1.29 is 32.2 Å². The quantitative estimate of drug-likeness (QED) is 0.312. The Bertz CT molecular complexity index is 1510. The Morgan fingerprint density at radius 3 is 2.39 bits per heavy atom. The van der Waals surface area contributed by atoms with E-state index in [1.165, 1.54) is 9.91 Å². The molecule has 0 aromatic heterocycles. The van der Waals surface area contributed by atoms with Crippen LogP contribution >= 0.6 is 11.6 Å². The number of alkyl halides is 3. The van der Waals surface area contributed by atoms with Crippen LogP contribution in [0.1, 0.15) is 39.5 Å². The fourth-order valence-corrected chi connectivity index (χ4v) is 5.59. The molecule has 3 aromatic carbocycles. The van der Waals surface area contributed by atoms with Crippen molar-refractivity contribution in [3.05, 3.63) is 100 Å². The van der Waals surface area contributed by atoms with E-state index in [4.69, 9.17) is 26.2 Å². The van der Waals surface area contributed by atoms with Crippen LogP contribution in [0.25, 0.3) is 0 Å². The van der Waals surface area contributed by atoms with Crippen molar-refractivity contribution in [2.45, 2.75) is 18.6 Å². The molecule has 0 saturated carbocycles. The third kappa shape index (κ3) is 7.23. The molecule has 2 amide bonds. The Morgan fingerprint density at radius 2 is 1.70 bits per heavy atom. The molecule has 8 nitrogen and oxygen atoms in total. The minimum absolute atomic E-state index is 0.0516. The number of carbonyl (C=O) groups excluding carboxylic acids is 2. The van der Waals surface area contributed by atoms with Crippen LogP contribution in [0.2, 0.25) is 5.02 Å². The van der Waals surface area contributed by atoms with Crippen molar-refractivity contribution >= 4 is 29.1 Å². The summed E-state index contributed by atoms with van der Waals surface area (Å²) in [5, 5.41) is 6.55. The third-order valence-corrected chi connectivity index (χ3v) is 8.04. The highest BCUT2D eigenvalue weighted by Gasteiger charge is 2.37. The van der Waals surface area contributed by atoms with Crippen LogP contribution in [0.5, 0.6) is 5.75 Å². The predicted molar refractivity (Wildman–Crippen MR) is 160 cm³/mol. The highest BCUT2D eigenvalue weighted by Crippen LogP contribution is 2.38. The van der Waals surface area contributed by atoms with Crippen LogP contribution in [-0.2, 0) is 15.7 Å². The summed E-state index contributed by atoms with van der Waals surface area (Å²) >= 11 is 6.49. The van der Waals surface area contributed by atoms with Gasteiger partial charge in [-0.25, -0.2) is 5.01 Å². The summed E-state index contributed by atoms with van der Waals surface area (Å²) in [7, 11) is 1.55. The van der Waals surface area contributed by atoms with Gasteiger partial charge in [-0.1, -0.05) is 48.0 Å². The van der Waals surface area contributed by atoms with Crippen LogP contribution in [0, 0.1) is 0 Å². The first-order valence-electron chi connectivity index (χ1n) is 14.2.